The lowest BCUT2D eigenvalue weighted by Gasteiger charge is -2.37. The van der Waals surface area contributed by atoms with Crippen molar-refractivity contribution in [3.05, 3.63) is 76.5 Å². The summed E-state index contributed by atoms with van der Waals surface area (Å²) in [7, 11) is 3.46. The molecule has 0 fully saturated rings. The number of carbonyl (C=O) groups is 1. The number of likely N-dealkylation sites (N-methyl/N-ethyl adjacent to an activating group) is 1. The van der Waals surface area contributed by atoms with E-state index in [9.17, 15) is 19.8 Å². The van der Waals surface area contributed by atoms with Gasteiger partial charge in [-0.05, 0) is 20.2 Å². The molecule has 1 heterocycles. The summed E-state index contributed by atoms with van der Waals surface area (Å²) < 4.78 is 13.3. The van der Waals surface area contributed by atoms with E-state index in [1.807, 2.05) is 19.0 Å². The molecular weight excluding hydrogens is 473 g/mol. The third-order valence-electron chi connectivity index (χ3n) is 5.28. The predicted octanol–water partition coefficient (Wildman–Crippen LogP) is 3.00. The molecule has 1 aromatic carbocycles. The highest BCUT2D eigenvalue weighted by Gasteiger charge is 2.56. The quantitative estimate of drug-likeness (QED) is 0.115. The second-order valence-corrected chi connectivity index (χ2v) is 8.55. The van der Waals surface area contributed by atoms with Crippen molar-refractivity contribution in [1.82, 2.24) is 4.90 Å². The standard InChI is InChI=1S/C24H30N3O7P/c1-7-13-33-24(19-10-9-11-20(16-19)27(29)30)21(23(28)32-15-12-25(5)6)17(3)26(34-14-8-2)18(4)22(24)35-31/h7-11,16H,1-2,12-15H2,3-6H3/p+1. The fourth-order valence-corrected chi connectivity index (χ4v) is 4.43. The smallest absolute Gasteiger partial charge is 0.344 e. The number of ether oxygens (including phenoxy) is 2. The number of benzene rings is 1. The van der Waals surface area contributed by atoms with Crippen LogP contribution in [-0.4, -0.2) is 76.9 Å². The Morgan fingerprint density at radius 3 is 2.54 bits per heavy atom. The largest absolute Gasteiger partial charge is 0.461 e. The van der Waals surface area contributed by atoms with Gasteiger partial charge in [0.05, 0.1) is 20.0 Å². The molecule has 1 aliphatic heterocycles. The zero-order chi connectivity index (χ0) is 26.2. The van der Waals surface area contributed by atoms with Crippen molar-refractivity contribution in [3.63, 3.8) is 0 Å². The number of allylic oxidation sites excluding steroid dienone is 1. The van der Waals surface area contributed by atoms with Gasteiger partial charge < -0.3 is 19.3 Å². The van der Waals surface area contributed by atoms with Crippen molar-refractivity contribution in [1.29, 1.82) is 0 Å². The molecule has 1 aliphatic rings. The molecule has 1 N–H and O–H groups in total. The highest BCUT2D eigenvalue weighted by Crippen LogP contribution is 2.43. The Balaban J connectivity index is 2.89. The maximum absolute atomic E-state index is 13.6. The molecule has 1 unspecified atom stereocenters. The van der Waals surface area contributed by atoms with Crippen LogP contribution >= 0.6 is 8.43 Å². The molecule has 0 aromatic heterocycles. The van der Waals surface area contributed by atoms with E-state index in [1.165, 1.54) is 29.0 Å². The highest BCUT2D eigenvalue weighted by molar-refractivity contribution is 7.38. The summed E-state index contributed by atoms with van der Waals surface area (Å²) in [4.78, 5) is 42.8. The first-order valence-electron chi connectivity index (χ1n) is 10.8. The second-order valence-electron chi connectivity index (χ2n) is 7.90. The molecule has 0 spiro atoms. The summed E-state index contributed by atoms with van der Waals surface area (Å²) in [6.07, 6.45) is 3.04. The van der Waals surface area contributed by atoms with Crippen LogP contribution in [0.1, 0.15) is 19.4 Å². The lowest BCUT2D eigenvalue weighted by molar-refractivity contribution is -0.751. The van der Waals surface area contributed by atoms with Crippen LogP contribution in [0.5, 0.6) is 0 Å². The molecule has 10 nitrogen and oxygen atoms in total. The van der Waals surface area contributed by atoms with Crippen LogP contribution in [0.15, 0.2) is 60.8 Å². The molecule has 188 valence electrons. The van der Waals surface area contributed by atoms with Crippen LogP contribution in [0, 0.1) is 10.1 Å². The van der Waals surface area contributed by atoms with Gasteiger partial charge in [0.25, 0.3) is 5.69 Å². The van der Waals surface area contributed by atoms with E-state index in [4.69, 9.17) is 14.3 Å². The van der Waals surface area contributed by atoms with Crippen molar-refractivity contribution in [2.75, 3.05) is 40.5 Å². The molecular formula is C24H31N3O7P+. The summed E-state index contributed by atoms with van der Waals surface area (Å²) in [5.74, 6) is -0.708. The van der Waals surface area contributed by atoms with Gasteiger partial charge in [-0.2, -0.15) is 0 Å². The Morgan fingerprint density at radius 1 is 1.29 bits per heavy atom. The number of hydrogen-bond acceptors (Lipinski definition) is 8. The van der Waals surface area contributed by atoms with E-state index in [-0.39, 0.29) is 50.4 Å². The highest BCUT2D eigenvalue weighted by atomic mass is 31.1. The first kappa shape index (κ1) is 28.1. The third kappa shape index (κ3) is 5.91. The van der Waals surface area contributed by atoms with Crippen LogP contribution in [0.25, 0.3) is 0 Å². The van der Waals surface area contributed by atoms with E-state index < -0.39 is 16.5 Å². The lowest BCUT2D eigenvalue weighted by Crippen LogP contribution is -2.52. The van der Waals surface area contributed by atoms with E-state index in [2.05, 4.69) is 13.2 Å². The number of rotatable bonds is 12. The molecule has 11 heteroatoms. The van der Waals surface area contributed by atoms with Gasteiger partial charge in [0.2, 0.25) is 11.4 Å². The van der Waals surface area contributed by atoms with Gasteiger partial charge in [0.1, 0.15) is 17.5 Å². The molecule has 2 rings (SSSR count). The number of esters is 1. The van der Waals surface area contributed by atoms with Crippen molar-refractivity contribution >= 4 is 31.1 Å². The zero-order valence-corrected chi connectivity index (χ0v) is 21.3. The topological polar surface area (TPSA) is 114 Å². The van der Waals surface area contributed by atoms with Gasteiger partial charge in [-0.3, -0.25) is 15.0 Å². The van der Waals surface area contributed by atoms with Crippen LogP contribution in [-0.2, 0) is 24.7 Å². The molecule has 0 radical (unpaired) electrons. The van der Waals surface area contributed by atoms with E-state index >= 15 is 0 Å². The summed E-state index contributed by atoms with van der Waals surface area (Å²) in [5, 5.41) is 11.8. The van der Waals surface area contributed by atoms with Crippen LogP contribution in [0.3, 0.4) is 0 Å². The molecule has 0 saturated heterocycles. The van der Waals surface area contributed by atoms with E-state index in [0.29, 0.717) is 18.0 Å². The van der Waals surface area contributed by atoms with Crippen LogP contribution < -0.4 is 0 Å². The number of carbonyl (C=O) groups excluding carboxylic acids is 1. The first-order valence-corrected chi connectivity index (χ1v) is 11.6. The van der Waals surface area contributed by atoms with Gasteiger partial charge in [-0.1, -0.05) is 24.8 Å². The summed E-state index contributed by atoms with van der Waals surface area (Å²) in [6, 6.07) is 5.77. The molecule has 0 saturated carbocycles. The van der Waals surface area contributed by atoms with Crippen molar-refractivity contribution in [2.45, 2.75) is 19.4 Å². The monoisotopic (exact) mass is 504 g/mol. The van der Waals surface area contributed by atoms with Crippen LogP contribution in [0.2, 0.25) is 0 Å². The number of hydroxylamine groups is 1. The second kappa shape index (κ2) is 12.5. The SMILES string of the molecule is C=CCO[N+]1=C(C)C(=PO)C(OCC=C)(c2cccc([N+](=O)[O-])c2)C(C(=O)OCCN(C)C)=C1C. The fourth-order valence-electron chi connectivity index (χ4n) is 3.75. The fraction of sp³-hybridized carbons (Fsp3) is 0.375. The number of nitro groups is 1. The average Bonchev–Trinajstić information content (AvgIpc) is 2.82. The van der Waals surface area contributed by atoms with Crippen molar-refractivity contribution in [2.24, 2.45) is 0 Å². The molecule has 1 atom stereocenters. The Morgan fingerprint density at radius 2 is 1.97 bits per heavy atom. The molecule has 0 amide bonds. The first-order chi connectivity index (χ1) is 16.6. The molecule has 0 bridgehead atoms. The predicted molar refractivity (Wildman–Crippen MR) is 134 cm³/mol. The van der Waals surface area contributed by atoms with E-state index in [0.717, 1.165) is 0 Å². The summed E-state index contributed by atoms with van der Waals surface area (Å²) in [5.41, 5.74) is -0.778. The van der Waals surface area contributed by atoms with Crippen molar-refractivity contribution in [3.8, 4) is 0 Å². The van der Waals surface area contributed by atoms with Gasteiger partial charge in [0, 0.05) is 42.8 Å². The average molecular weight is 505 g/mol. The Kier molecular flexibility index (Phi) is 10.0. The minimum absolute atomic E-state index is 0.0235. The summed E-state index contributed by atoms with van der Waals surface area (Å²) >= 11 is 0. The van der Waals surface area contributed by atoms with Gasteiger partial charge in [-0.15, -0.1) is 6.58 Å². The number of hydrogen-bond donors (Lipinski definition) is 1. The zero-order valence-electron chi connectivity index (χ0n) is 20.4. The normalized spacial score (nSPS) is 19.2. The molecule has 35 heavy (non-hydrogen) atoms. The van der Waals surface area contributed by atoms with Gasteiger partial charge >= 0.3 is 5.97 Å². The summed E-state index contributed by atoms with van der Waals surface area (Å²) in [6.45, 7) is 11.4. The maximum Gasteiger partial charge on any atom is 0.344 e. The number of non-ortho nitro benzene ring substituents is 1. The van der Waals surface area contributed by atoms with E-state index in [1.54, 1.807) is 26.0 Å². The van der Waals surface area contributed by atoms with Crippen LogP contribution in [0.4, 0.5) is 5.69 Å². The third-order valence-corrected chi connectivity index (χ3v) is 6.12. The Hall–Kier alpha value is -3.17. The minimum atomic E-state index is -1.70. The lowest BCUT2D eigenvalue weighted by atomic mass is 9.78. The number of nitrogens with zero attached hydrogens (tertiary/aromatic N) is 3. The molecule has 1 aromatic rings. The van der Waals surface area contributed by atoms with Gasteiger partial charge in [0.15, 0.2) is 12.2 Å². The van der Waals surface area contributed by atoms with Gasteiger partial charge in [-0.25, -0.2) is 4.79 Å². The van der Waals surface area contributed by atoms with Crippen molar-refractivity contribution < 1.29 is 33.7 Å². The minimum Gasteiger partial charge on any atom is -0.461 e. The Bertz CT molecular complexity index is 1090. The molecule has 0 aliphatic carbocycles. The number of nitro benzene ring substituents is 1. The maximum atomic E-state index is 13.6. The Labute approximate surface area is 206 Å².